The quantitative estimate of drug-likeness (QED) is 0.365. The summed E-state index contributed by atoms with van der Waals surface area (Å²) in [4.78, 5) is 12.8. The number of hydrogen-bond acceptors (Lipinski definition) is 7. The minimum Gasteiger partial charge on any atom is -0.459 e. The Morgan fingerprint density at radius 2 is 1.92 bits per heavy atom. The summed E-state index contributed by atoms with van der Waals surface area (Å²) in [5.74, 6) is -0.196. The lowest BCUT2D eigenvalue weighted by atomic mass is 10.2. The van der Waals surface area contributed by atoms with Crippen molar-refractivity contribution in [1.82, 2.24) is 14.8 Å². The molecule has 1 aromatic carbocycles. The van der Waals surface area contributed by atoms with Crippen molar-refractivity contribution in [3.8, 4) is 5.82 Å². The van der Waals surface area contributed by atoms with Crippen molar-refractivity contribution in [2.24, 2.45) is 0 Å². The largest absolute Gasteiger partial charge is 0.459 e. The first-order chi connectivity index (χ1) is 17.7. The van der Waals surface area contributed by atoms with Gasteiger partial charge >= 0.3 is 5.97 Å². The molecule has 3 aromatic rings. The van der Waals surface area contributed by atoms with E-state index in [2.05, 4.69) is 10.2 Å². The first kappa shape index (κ1) is 28.3. The van der Waals surface area contributed by atoms with Crippen LogP contribution in [0.2, 0.25) is 0 Å². The van der Waals surface area contributed by atoms with Crippen molar-refractivity contribution in [3.05, 3.63) is 64.8 Å². The molecule has 2 aromatic heterocycles. The molecule has 1 aliphatic rings. The SMILES string of the molecule is CS(=O)c1ccc(-n2ccc3cc(N(CC(=O)OC(C)(C)C)S(=O)(=O)C4C=C(Cl)C=C(Cl)C4)ccc32)nn1. The number of anilines is 1. The van der Waals surface area contributed by atoms with Crippen LogP contribution in [-0.4, -0.2) is 57.0 Å². The van der Waals surface area contributed by atoms with Crippen LogP contribution >= 0.6 is 23.2 Å². The second-order valence-corrected chi connectivity index (χ2v) is 14.0. The maximum absolute atomic E-state index is 13.8. The van der Waals surface area contributed by atoms with E-state index in [4.69, 9.17) is 27.9 Å². The van der Waals surface area contributed by atoms with Gasteiger partial charge in [0.15, 0.2) is 5.82 Å². The van der Waals surface area contributed by atoms with Gasteiger partial charge in [0, 0.05) is 34.3 Å². The van der Waals surface area contributed by atoms with Crippen LogP contribution in [0.15, 0.2) is 69.8 Å². The van der Waals surface area contributed by atoms with Gasteiger partial charge in [0.25, 0.3) is 0 Å². The molecule has 0 saturated carbocycles. The lowest BCUT2D eigenvalue weighted by molar-refractivity contribution is -0.152. The normalized spacial score (nSPS) is 17.1. The monoisotopic (exact) mass is 596 g/mol. The second-order valence-electron chi connectivity index (χ2n) is 9.64. The molecule has 2 unspecified atom stereocenters. The van der Waals surface area contributed by atoms with Gasteiger partial charge < -0.3 is 4.74 Å². The number of carbonyl (C=O) groups excluding carboxylic acids is 1. The Morgan fingerprint density at radius 1 is 1.18 bits per heavy atom. The van der Waals surface area contributed by atoms with Crippen LogP contribution in [0.4, 0.5) is 5.69 Å². The van der Waals surface area contributed by atoms with Crippen LogP contribution in [-0.2, 0) is 30.4 Å². The predicted octanol–water partition coefficient (Wildman–Crippen LogP) is 4.65. The van der Waals surface area contributed by atoms with E-state index < -0.39 is 44.2 Å². The number of hydrogen-bond donors (Lipinski definition) is 0. The maximum atomic E-state index is 13.8. The molecule has 9 nitrogen and oxygen atoms in total. The molecule has 0 radical (unpaired) electrons. The molecule has 4 rings (SSSR count). The number of benzene rings is 1. The van der Waals surface area contributed by atoms with E-state index in [-0.39, 0.29) is 17.1 Å². The zero-order valence-corrected chi connectivity index (χ0v) is 24.2. The van der Waals surface area contributed by atoms with E-state index in [0.29, 0.717) is 21.3 Å². The van der Waals surface area contributed by atoms with Crippen molar-refractivity contribution in [3.63, 3.8) is 0 Å². The van der Waals surface area contributed by atoms with Crippen molar-refractivity contribution in [1.29, 1.82) is 0 Å². The Labute approximate surface area is 233 Å². The van der Waals surface area contributed by atoms with Gasteiger partial charge in [-0.25, -0.2) is 8.42 Å². The summed E-state index contributed by atoms with van der Waals surface area (Å²) in [5, 5.41) is 8.67. The number of allylic oxidation sites excluding steroid dienone is 3. The summed E-state index contributed by atoms with van der Waals surface area (Å²) in [6, 6.07) is 10.1. The van der Waals surface area contributed by atoms with Gasteiger partial charge in [-0.2, -0.15) is 0 Å². The highest BCUT2D eigenvalue weighted by molar-refractivity contribution is 7.93. The molecular formula is C25H26Cl2N4O5S2. The minimum absolute atomic E-state index is 0.0285. The molecule has 13 heteroatoms. The molecule has 38 heavy (non-hydrogen) atoms. The van der Waals surface area contributed by atoms with Crippen LogP contribution in [0.5, 0.6) is 0 Å². The summed E-state index contributed by atoms with van der Waals surface area (Å²) in [6.45, 7) is 4.59. The van der Waals surface area contributed by atoms with Gasteiger partial charge in [-0.3, -0.25) is 17.9 Å². The zero-order valence-electron chi connectivity index (χ0n) is 21.1. The average Bonchev–Trinajstić information content (AvgIpc) is 3.24. The summed E-state index contributed by atoms with van der Waals surface area (Å²) in [6.07, 6.45) is 6.22. The molecule has 0 amide bonds. The number of aromatic nitrogens is 3. The van der Waals surface area contributed by atoms with E-state index >= 15 is 0 Å². The Balaban J connectivity index is 1.74. The lowest BCUT2D eigenvalue weighted by Gasteiger charge is -2.30. The first-order valence-electron chi connectivity index (χ1n) is 11.5. The number of ether oxygens (including phenoxy) is 1. The highest BCUT2D eigenvalue weighted by atomic mass is 35.5. The zero-order chi connectivity index (χ0) is 27.8. The summed E-state index contributed by atoms with van der Waals surface area (Å²) >= 11 is 12.3. The molecule has 0 N–H and O–H groups in total. The van der Waals surface area contributed by atoms with Gasteiger partial charge in [-0.05, 0) is 69.3 Å². The standard InChI is InChI=1S/C25H26Cl2N4O5S2/c1-25(2,3)36-24(32)15-31(38(34,35)20-13-17(26)12-18(27)14-20)19-5-6-21-16(11-19)9-10-30(21)22-7-8-23(29-28-22)37(4)33/h5-13,20H,14-15H2,1-4H3. The third kappa shape index (κ3) is 6.28. The number of halogens is 2. The van der Waals surface area contributed by atoms with Crippen molar-refractivity contribution in [2.45, 2.75) is 43.1 Å². The van der Waals surface area contributed by atoms with E-state index in [1.54, 1.807) is 67.9 Å². The Kier molecular flexibility index (Phi) is 8.04. The van der Waals surface area contributed by atoms with Crippen molar-refractivity contribution >= 4 is 66.6 Å². The van der Waals surface area contributed by atoms with Gasteiger partial charge in [0.2, 0.25) is 10.0 Å². The molecule has 2 heterocycles. The van der Waals surface area contributed by atoms with E-state index in [1.165, 1.54) is 18.4 Å². The fourth-order valence-corrected chi connectivity index (χ4v) is 6.87. The number of rotatable bonds is 7. The molecule has 1 aliphatic carbocycles. The Hall–Kier alpha value is -2.73. The second kappa shape index (κ2) is 10.8. The topological polar surface area (TPSA) is 111 Å². The fourth-order valence-electron chi connectivity index (χ4n) is 3.94. The summed E-state index contributed by atoms with van der Waals surface area (Å²) in [5.41, 5.74) is 0.211. The van der Waals surface area contributed by atoms with Crippen LogP contribution in [0.25, 0.3) is 16.7 Å². The fraction of sp³-hybridized carbons (Fsp3) is 0.320. The Morgan fingerprint density at radius 3 is 2.53 bits per heavy atom. The number of esters is 1. The van der Waals surface area contributed by atoms with Gasteiger partial charge in [-0.1, -0.05) is 23.2 Å². The molecule has 202 valence electrons. The minimum atomic E-state index is -4.13. The molecule has 0 fully saturated rings. The molecule has 0 spiro atoms. The molecule has 0 aliphatic heterocycles. The van der Waals surface area contributed by atoms with E-state index in [1.807, 2.05) is 0 Å². The van der Waals surface area contributed by atoms with Crippen LogP contribution in [0, 0.1) is 0 Å². The number of nitrogens with zero attached hydrogens (tertiary/aromatic N) is 4. The van der Waals surface area contributed by atoms with E-state index in [9.17, 15) is 17.4 Å². The molecule has 0 saturated heterocycles. The smallest absolute Gasteiger partial charge is 0.327 e. The third-order valence-corrected chi connectivity index (χ3v) is 8.87. The third-order valence-electron chi connectivity index (χ3n) is 5.55. The highest BCUT2D eigenvalue weighted by Crippen LogP contribution is 2.33. The predicted molar refractivity (Wildman–Crippen MR) is 150 cm³/mol. The summed E-state index contributed by atoms with van der Waals surface area (Å²) < 4.78 is 47.5. The van der Waals surface area contributed by atoms with Crippen LogP contribution in [0.3, 0.4) is 0 Å². The molecular weight excluding hydrogens is 571 g/mol. The maximum Gasteiger partial charge on any atom is 0.327 e. The highest BCUT2D eigenvalue weighted by Gasteiger charge is 2.35. The molecule has 2 atom stereocenters. The van der Waals surface area contributed by atoms with E-state index in [0.717, 1.165) is 9.82 Å². The number of sulfonamides is 1. The van der Waals surface area contributed by atoms with Gasteiger partial charge in [0.1, 0.15) is 22.4 Å². The summed E-state index contributed by atoms with van der Waals surface area (Å²) in [7, 11) is -5.39. The number of carbonyl (C=O) groups is 1. The van der Waals surface area contributed by atoms with Crippen molar-refractivity contribution < 1.29 is 22.2 Å². The first-order valence-corrected chi connectivity index (χ1v) is 15.3. The van der Waals surface area contributed by atoms with Crippen LogP contribution in [0.1, 0.15) is 27.2 Å². The van der Waals surface area contributed by atoms with Crippen LogP contribution < -0.4 is 4.31 Å². The van der Waals surface area contributed by atoms with Crippen molar-refractivity contribution in [2.75, 3.05) is 17.1 Å². The molecule has 0 bridgehead atoms. The van der Waals surface area contributed by atoms with Gasteiger partial charge in [-0.15, -0.1) is 10.2 Å². The Bertz CT molecular complexity index is 1580. The lowest BCUT2D eigenvalue weighted by Crippen LogP contribution is -2.43. The number of fused-ring (bicyclic) bond motifs is 1. The average molecular weight is 598 g/mol. The van der Waals surface area contributed by atoms with Gasteiger partial charge in [0.05, 0.1) is 22.0 Å².